The summed E-state index contributed by atoms with van der Waals surface area (Å²) < 4.78 is 0.999. The van der Waals surface area contributed by atoms with Gasteiger partial charge in [-0.25, -0.2) is 4.79 Å². The molecule has 96 valence electrons. The van der Waals surface area contributed by atoms with Crippen LogP contribution in [0.15, 0.2) is 22.7 Å². The van der Waals surface area contributed by atoms with E-state index in [9.17, 15) is 9.59 Å². The third kappa shape index (κ3) is 3.22. The van der Waals surface area contributed by atoms with Gasteiger partial charge in [0.15, 0.2) is 0 Å². The maximum Gasteiger partial charge on any atom is 0.319 e. The number of urea groups is 1. The van der Waals surface area contributed by atoms with Crippen LogP contribution in [0, 0.1) is 6.92 Å². The van der Waals surface area contributed by atoms with Crippen LogP contribution >= 0.6 is 15.9 Å². The maximum atomic E-state index is 11.7. The van der Waals surface area contributed by atoms with E-state index in [0.717, 1.165) is 15.7 Å². The summed E-state index contributed by atoms with van der Waals surface area (Å²) >= 11 is 3.40. The number of rotatable bonds is 2. The van der Waals surface area contributed by atoms with E-state index >= 15 is 0 Å². The Hall–Kier alpha value is -1.56. The average Bonchev–Trinajstić information content (AvgIpc) is 2.69. The van der Waals surface area contributed by atoms with Gasteiger partial charge >= 0.3 is 6.03 Å². The third-order valence-electron chi connectivity index (χ3n) is 2.73. The molecule has 0 aliphatic carbocycles. The fourth-order valence-corrected chi connectivity index (χ4v) is 2.03. The number of halogens is 1. The number of benzene rings is 1. The number of hydrogen-bond acceptors (Lipinski definition) is 2. The zero-order valence-electron chi connectivity index (χ0n) is 9.92. The molecule has 6 heteroatoms. The van der Waals surface area contributed by atoms with Crippen LogP contribution in [-0.4, -0.2) is 24.5 Å². The predicted molar refractivity (Wildman–Crippen MR) is 72.4 cm³/mol. The quantitative estimate of drug-likeness (QED) is 0.779. The molecule has 1 aromatic rings. The summed E-state index contributed by atoms with van der Waals surface area (Å²) in [6.07, 6.45) is 0.340. The molecule has 0 bridgehead atoms. The summed E-state index contributed by atoms with van der Waals surface area (Å²) in [7, 11) is 0. The van der Waals surface area contributed by atoms with Gasteiger partial charge in [-0.15, -0.1) is 0 Å². The fraction of sp³-hybridized carbons (Fsp3) is 0.333. The van der Waals surface area contributed by atoms with Crippen LogP contribution in [0.25, 0.3) is 0 Å². The Labute approximate surface area is 113 Å². The minimum absolute atomic E-state index is 0.0280. The van der Waals surface area contributed by atoms with Gasteiger partial charge in [-0.3, -0.25) is 4.79 Å². The Kier molecular flexibility index (Phi) is 3.86. The molecule has 1 heterocycles. The second-order valence-electron chi connectivity index (χ2n) is 4.27. The molecule has 18 heavy (non-hydrogen) atoms. The highest BCUT2D eigenvalue weighted by Gasteiger charge is 2.22. The number of carbonyl (C=O) groups is 2. The van der Waals surface area contributed by atoms with Crippen molar-refractivity contribution in [3.63, 3.8) is 0 Å². The molecule has 0 aromatic heterocycles. The highest BCUT2D eigenvalue weighted by Crippen LogP contribution is 2.19. The minimum atomic E-state index is -0.293. The van der Waals surface area contributed by atoms with Gasteiger partial charge in [-0.2, -0.15) is 0 Å². The first-order valence-electron chi connectivity index (χ1n) is 5.65. The number of carbonyl (C=O) groups excluding carboxylic acids is 2. The van der Waals surface area contributed by atoms with E-state index < -0.39 is 0 Å². The second kappa shape index (κ2) is 5.39. The first kappa shape index (κ1) is 12.9. The Bertz CT molecular complexity index is 490. The van der Waals surface area contributed by atoms with E-state index in [1.54, 1.807) is 0 Å². The molecule has 0 radical (unpaired) electrons. The monoisotopic (exact) mass is 311 g/mol. The molecule has 0 spiro atoms. The van der Waals surface area contributed by atoms with Gasteiger partial charge in [0.25, 0.3) is 0 Å². The maximum absolute atomic E-state index is 11.7. The largest absolute Gasteiger partial charge is 0.354 e. The van der Waals surface area contributed by atoms with E-state index in [4.69, 9.17) is 0 Å². The van der Waals surface area contributed by atoms with Crippen LogP contribution in [0.1, 0.15) is 12.0 Å². The van der Waals surface area contributed by atoms with Crippen molar-refractivity contribution in [1.82, 2.24) is 10.6 Å². The van der Waals surface area contributed by atoms with Crippen LogP contribution in [0.4, 0.5) is 10.5 Å². The van der Waals surface area contributed by atoms with Gasteiger partial charge < -0.3 is 16.0 Å². The average molecular weight is 312 g/mol. The van der Waals surface area contributed by atoms with E-state index in [1.165, 1.54) is 0 Å². The van der Waals surface area contributed by atoms with Crippen molar-refractivity contribution in [1.29, 1.82) is 0 Å². The lowest BCUT2D eigenvalue weighted by Gasteiger charge is -2.12. The standard InChI is InChI=1S/C12H14BrN3O2/c1-7-4-8(2-3-10(7)13)15-12(18)16-9-5-11(17)14-6-9/h2-4,9H,5-6H2,1H3,(H,14,17)(H2,15,16,18)/t9-/m1/s1. The Balaban J connectivity index is 1.90. The molecule has 5 nitrogen and oxygen atoms in total. The lowest BCUT2D eigenvalue weighted by Crippen LogP contribution is -2.39. The van der Waals surface area contributed by atoms with Crippen molar-refractivity contribution in [2.75, 3.05) is 11.9 Å². The summed E-state index contributed by atoms with van der Waals surface area (Å²) in [4.78, 5) is 22.7. The Morgan fingerprint density at radius 2 is 2.28 bits per heavy atom. The van der Waals surface area contributed by atoms with Gasteiger partial charge in [0, 0.05) is 23.1 Å². The molecule has 1 aliphatic heterocycles. The van der Waals surface area contributed by atoms with Crippen LogP contribution < -0.4 is 16.0 Å². The summed E-state index contributed by atoms with van der Waals surface area (Å²) in [5.41, 5.74) is 1.77. The Morgan fingerprint density at radius 3 is 2.89 bits per heavy atom. The molecular formula is C12H14BrN3O2. The third-order valence-corrected chi connectivity index (χ3v) is 3.62. The van der Waals surface area contributed by atoms with Crippen molar-refractivity contribution < 1.29 is 9.59 Å². The zero-order chi connectivity index (χ0) is 13.1. The van der Waals surface area contributed by atoms with Crippen molar-refractivity contribution in [3.05, 3.63) is 28.2 Å². The van der Waals surface area contributed by atoms with E-state index in [-0.39, 0.29) is 18.0 Å². The summed E-state index contributed by atoms with van der Waals surface area (Å²) in [5.74, 6) is -0.0280. The molecule has 1 atom stereocenters. The summed E-state index contributed by atoms with van der Waals surface area (Å²) in [5, 5.41) is 8.16. The van der Waals surface area contributed by atoms with Gasteiger partial charge in [0.05, 0.1) is 6.04 Å². The number of anilines is 1. The zero-order valence-corrected chi connectivity index (χ0v) is 11.5. The Morgan fingerprint density at radius 1 is 1.50 bits per heavy atom. The van der Waals surface area contributed by atoms with Crippen LogP contribution in [0.3, 0.4) is 0 Å². The van der Waals surface area contributed by atoms with Gasteiger partial charge in [0.2, 0.25) is 5.91 Å². The molecule has 0 unspecified atom stereocenters. The lowest BCUT2D eigenvalue weighted by molar-refractivity contribution is -0.119. The predicted octanol–water partition coefficient (Wildman–Crippen LogP) is 1.77. The number of amides is 3. The normalized spacial score (nSPS) is 18.3. The van der Waals surface area contributed by atoms with Crippen molar-refractivity contribution in [2.24, 2.45) is 0 Å². The highest BCUT2D eigenvalue weighted by molar-refractivity contribution is 9.10. The lowest BCUT2D eigenvalue weighted by atomic mass is 10.2. The fourth-order valence-electron chi connectivity index (χ4n) is 1.78. The molecule has 1 saturated heterocycles. The molecule has 3 N–H and O–H groups in total. The molecule has 1 aliphatic rings. The first-order chi connectivity index (χ1) is 8.54. The number of nitrogens with one attached hydrogen (secondary N) is 3. The topological polar surface area (TPSA) is 70.2 Å². The van der Waals surface area contributed by atoms with Gasteiger partial charge in [0.1, 0.15) is 0 Å². The van der Waals surface area contributed by atoms with E-state index in [1.807, 2.05) is 25.1 Å². The molecule has 3 amide bonds. The van der Waals surface area contributed by atoms with Crippen LogP contribution in [-0.2, 0) is 4.79 Å². The van der Waals surface area contributed by atoms with Crippen LogP contribution in [0.5, 0.6) is 0 Å². The highest BCUT2D eigenvalue weighted by atomic mass is 79.9. The number of hydrogen-bond donors (Lipinski definition) is 3. The molecule has 0 saturated carbocycles. The molecule has 2 rings (SSSR count). The van der Waals surface area contributed by atoms with Crippen molar-refractivity contribution >= 4 is 33.6 Å². The second-order valence-corrected chi connectivity index (χ2v) is 5.12. The van der Waals surface area contributed by atoms with Crippen molar-refractivity contribution in [2.45, 2.75) is 19.4 Å². The van der Waals surface area contributed by atoms with Gasteiger partial charge in [-0.1, -0.05) is 15.9 Å². The summed E-state index contributed by atoms with van der Waals surface area (Å²) in [6.45, 7) is 2.44. The van der Waals surface area contributed by atoms with E-state index in [0.29, 0.717) is 13.0 Å². The van der Waals surface area contributed by atoms with Crippen LogP contribution in [0.2, 0.25) is 0 Å². The molecule has 1 fully saturated rings. The minimum Gasteiger partial charge on any atom is -0.354 e. The van der Waals surface area contributed by atoms with Gasteiger partial charge in [-0.05, 0) is 30.7 Å². The smallest absolute Gasteiger partial charge is 0.319 e. The van der Waals surface area contributed by atoms with Crippen molar-refractivity contribution in [3.8, 4) is 0 Å². The summed E-state index contributed by atoms with van der Waals surface area (Å²) in [6, 6.07) is 5.15. The SMILES string of the molecule is Cc1cc(NC(=O)N[C@H]2CNC(=O)C2)ccc1Br. The molecule has 1 aromatic carbocycles. The van der Waals surface area contributed by atoms with E-state index in [2.05, 4.69) is 31.9 Å². The first-order valence-corrected chi connectivity index (χ1v) is 6.44. The number of aryl methyl sites for hydroxylation is 1. The molecular weight excluding hydrogens is 298 g/mol.